The lowest BCUT2D eigenvalue weighted by Crippen LogP contribution is -2.40. The number of hydrogen-bond acceptors (Lipinski definition) is 6. The fraction of sp³-hybridized carbons (Fsp3) is 0.0833. The zero-order chi connectivity index (χ0) is 21.8. The third kappa shape index (κ3) is 4.36. The first-order chi connectivity index (χ1) is 15.8. The molecule has 0 saturated carbocycles. The van der Waals surface area contributed by atoms with Crippen LogP contribution in [-0.4, -0.2) is 20.6 Å². The van der Waals surface area contributed by atoms with Crippen molar-refractivity contribution in [1.82, 2.24) is 25.9 Å². The van der Waals surface area contributed by atoms with Gasteiger partial charge in [-0.05, 0) is 23.3 Å². The van der Waals surface area contributed by atoms with Crippen LogP contribution in [0.4, 0.5) is 0 Å². The number of para-hydroxylation sites is 1. The Hall–Kier alpha value is -3.26. The molecule has 0 aliphatic carbocycles. The Balaban J connectivity index is 1.50. The molecule has 0 bridgehead atoms. The second kappa shape index (κ2) is 9.48. The van der Waals surface area contributed by atoms with E-state index in [4.69, 9.17) is 16.7 Å². The Morgan fingerprint density at radius 1 is 0.844 bits per heavy atom. The molecule has 5 rings (SSSR count). The molecule has 0 atom stereocenters. The maximum atomic E-state index is 6.52. The predicted octanol–water partition coefficient (Wildman–Crippen LogP) is 5.00. The molecule has 160 valence electrons. The molecule has 6 nitrogen and oxygen atoms in total. The topological polar surface area (TPSA) is 57.5 Å². The number of thioether (sulfide) groups is 1. The van der Waals surface area contributed by atoms with Crippen molar-refractivity contribution in [3.05, 3.63) is 113 Å². The highest BCUT2D eigenvalue weighted by Gasteiger charge is 2.26. The molecule has 0 amide bonds. The molecule has 8 heteroatoms. The molecule has 0 spiro atoms. The van der Waals surface area contributed by atoms with E-state index in [0.717, 1.165) is 27.9 Å². The van der Waals surface area contributed by atoms with Gasteiger partial charge in [-0.2, -0.15) is 5.10 Å². The van der Waals surface area contributed by atoms with Crippen molar-refractivity contribution < 1.29 is 0 Å². The Bertz CT molecular complexity index is 1230. The van der Waals surface area contributed by atoms with Crippen LogP contribution in [0, 0.1) is 0 Å². The fourth-order valence-electron chi connectivity index (χ4n) is 3.49. The van der Waals surface area contributed by atoms with Crippen LogP contribution < -0.4 is 11.1 Å². The van der Waals surface area contributed by atoms with Crippen LogP contribution in [0.1, 0.15) is 16.7 Å². The standard InChI is InChI=1S/C24H21ClN6S/c25-21-13-7-8-14-22(21)31-24(32-17-19-11-5-2-6-12-19)20(15-26-31)23-27-28-29-30(23)16-18-9-3-1-4-10-18/h1-15,28-29H,16-17H2. The van der Waals surface area contributed by atoms with Gasteiger partial charge in [0.1, 0.15) is 5.03 Å². The number of hydrazine groups is 2. The largest absolute Gasteiger partial charge is 0.266 e. The van der Waals surface area contributed by atoms with Crippen LogP contribution in [0.5, 0.6) is 0 Å². The normalized spacial score (nSPS) is 13.2. The van der Waals surface area contributed by atoms with E-state index in [9.17, 15) is 0 Å². The second-order valence-electron chi connectivity index (χ2n) is 7.23. The average Bonchev–Trinajstić information content (AvgIpc) is 3.46. The van der Waals surface area contributed by atoms with Gasteiger partial charge in [-0.25, -0.2) is 10.2 Å². The van der Waals surface area contributed by atoms with E-state index in [1.807, 2.05) is 64.4 Å². The Morgan fingerprint density at radius 2 is 1.53 bits per heavy atom. The molecule has 1 aromatic heterocycles. The minimum absolute atomic E-state index is 0.648. The van der Waals surface area contributed by atoms with Gasteiger partial charge in [0.2, 0.25) is 0 Å². The summed E-state index contributed by atoms with van der Waals surface area (Å²) in [4.78, 5) is 0. The molecule has 1 aliphatic heterocycles. The molecule has 4 aromatic rings. The number of hydrogen-bond donors (Lipinski definition) is 2. The third-order valence-electron chi connectivity index (χ3n) is 5.05. The second-order valence-corrected chi connectivity index (χ2v) is 8.60. The number of hydrazone groups is 1. The summed E-state index contributed by atoms with van der Waals surface area (Å²) < 4.78 is 1.90. The lowest BCUT2D eigenvalue weighted by atomic mass is 10.2. The Labute approximate surface area is 195 Å². The van der Waals surface area contributed by atoms with E-state index in [0.29, 0.717) is 11.6 Å². The fourth-order valence-corrected chi connectivity index (χ4v) is 4.77. The average molecular weight is 461 g/mol. The van der Waals surface area contributed by atoms with Crippen LogP contribution in [0.25, 0.3) is 5.69 Å². The first-order valence-corrected chi connectivity index (χ1v) is 11.6. The van der Waals surface area contributed by atoms with E-state index in [-0.39, 0.29) is 0 Å². The molecular formula is C24H21ClN6S. The maximum Gasteiger partial charge on any atom is 0.177 e. The highest BCUT2D eigenvalue weighted by Crippen LogP contribution is 2.32. The van der Waals surface area contributed by atoms with Crippen LogP contribution in [0.3, 0.4) is 0 Å². The number of rotatable bonds is 7. The van der Waals surface area contributed by atoms with Gasteiger partial charge < -0.3 is 0 Å². The molecule has 2 heterocycles. The van der Waals surface area contributed by atoms with Crippen LogP contribution >= 0.6 is 23.4 Å². The third-order valence-corrected chi connectivity index (χ3v) is 6.51. The molecular weight excluding hydrogens is 440 g/mol. The molecule has 0 saturated heterocycles. The molecule has 3 aromatic carbocycles. The smallest absolute Gasteiger partial charge is 0.177 e. The summed E-state index contributed by atoms with van der Waals surface area (Å²) in [7, 11) is 0. The van der Waals surface area contributed by atoms with E-state index in [2.05, 4.69) is 52.6 Å². The minimum Gasteiger partial charge on any atom is -0.266 e. The van der Waals surface area contributed by atoms with E-state index in [1.54, 1.807) is 11.8 Å². The molecule has 0 unspecified atom stereocenters. The van der Waals surface area contributed by atoms with Gasteiger partial charge in [-0.3, -0.25) is 5.01 Å². The number of halogens is 1. The number of aromatic nitrogens is 2. The summed E-state index contributed by atoms with van der Waals surface area (Å²) in [5.74, 6) is 1.58. The van der Waals surface area contributed by atoms with Crippen molar-refractivity contribution in [3.8, 4) is 5.69 Å². The number of nitrogens with zero attached hydrogens (tertiary/aromatic N) is 4. The summed E-state index contributed by atoms with van der Waals surface area (Å²) in [6.07, 6.45) is 1.85. The summed E-state index contributed by atoms with van der Waals surface area (Å²) >= 11 is 8.23. The van der Waals surface area contributed by atoms with Gasteiger partial charge >= 0.3 is 0 Å². The highest BCUT2D eigenvalue weighted by atomic mass is 35.5. The van der Waals surface area contributed by atoms with Gasteiger partial charge in [0.15, 0.2) is 5.84 Å². The van der Waals surface area contributed by atoms with Crippen molar-refractivity contribution in [3.63, 3.8) is 0 Å². The Kier molecular flexibility index (Phi) is 6.11. The lowest BCUT2D eigenvalue weighted by molar-refractivity contribution is 0.288. The van der Waals surface area contributed by atoms with Crippen LogP contribution in [0.2, 0.25) is 5.02 Å². The summed E-state index contributed by atoms with van der Waals surface area (Å²) in [6.45, 7) is 0.659. The van der Waals surface area contributed by atoms with E-state index < -0.39 is 0 Å². The van der Waals surface area contributed by atoms with Gasteiger partial charge in [-0.15, -0.1) is 22.4 Å². The molecule has 32 heavy (non-hydrogen) atoms. The first kappa shape index (κ1) is 20.6. The van der Waals surface area contributed by atoms with Crippen molar-refractivity contribution in [2.45, 2.75) is 17.3 Å². The first-order valence-electron chi connectivity index (χ1n) is 10.2. The zero-order valence-electron chi connectivity index (χ0n) is 17.1. The maximum absolute atomic E-state index is 6.52. The molecule has 2 N–H and O–H groups in total. The lowest BCUT2D eigenvalue weighted by Gasteiger charge is -2.19. The zero-order valence-corrected chi connectivity index (χ0v) is 18.7. The minimum atomic E-state index is 0.648. The van der Waals surface area contributed by atoms with E-state index >= 15 is 0 Å². The van der Waals surface area contributed by atoms with Crippen molar-refractivity contribution in [1.29, 1.82) is 0 Å². The number of benzene rings is 3. The quantitative estimate of drug-likeness (QED) is 0.380. The number of amidine groups is 1. The Morgan fingerprint density at radius 3 is 2.28 bits per heavy atom. The molecule has 1 aliphatic rings. The summed E-state index contributed by atoms with van der Waals surface area (Å²) in [5, 5.41) is 12.8. The van der Waals surface area contributed by atoms with E-state index in [1.165, 1.54) is 11.1 Å². The molecule has 0 fully saturated rings. The van der Waals surface area contributed by atoms with Gasteiger partial charge in [-0.1, -0.05) is 84.4 Å². The van der Waals surface area contributed by atoms with Crippen LogP contribution in [-0.2, 0) is 12.3 Å². The van der Waals surface area contributed by atoms with Crippen molar-refractivity contribution in [2.75, 3.05) is 0 Å². The molecule has 0 radical (unpaired) electrons. The van der Waals surface area contributed by atoms with Crippen LogP contribution in [0.15, 0.2) is 101 Å². The monoisotopic (exact) mass is 460 g/mol. The number of nitrogens with one attached hydrogen (secondary N) is 2. The van der Waals surface area contributed by atoms with Gasteiger partial charge in [0.05, 0.1) is 29.0 Å². The summed E-state index contributed by atoms with van der Waals surface area (Å²) in [5.41, 5.74) is 10.2. The van der Waals surface area contributed by atoms with Crippen molar-refractivity contribution in [2.24, 2.45) is 5.10 Å². The SMILES string of the molecule is Clc1ccccc1-n1ncc(C2=NNNN2Cc2ccccc2)c1SCc1ccccc1. The highest BCUT2D eigenvalue weighted by molar-refractivity contribution is 7.98. The predicted molar refractivity (Wildman–Crippen MR) is 129 cm³/mol. The van der Waals surface area contributed by atoms with Gasteiger partial charge in [0.25, 0.3) is 0 Å². The van der Waals surface area contributed by atoms with Gasteiger partial charge in [0, 0.05) is 5.75 Å². The van der Waals surface area contributed by atoms with Crippen molar-refractivity contribution >= 4 is 29.2 Å². The summed E-state index contributed by atoms with van der Waals surface area (Å²) in [6, 6.07) is 28.4.